The minimum absolute atomic E-state index is 0.162. The molecule has 0 spiro atoms. The molecule has 2 aromatic rings. The number of hydrogen-bond donors (Lipinski definition) is 1. The highest BCUT2D eigenvalue weighted by Crippen LogP contribution is 2.31. The molecule has 0 unspecified atom stereocenters. The van der Waals surface area contributed by atoms with E-state index in [1.54, 1.807) is 6.07 Å². The Balaban J connectivity index is 1.67. The molecular formula is C17H17F3N2. The molecule has 1 aliphatic rings. The maximum Gasteiger partial charge on any atom is 0.416 e. The Bertz CT molecular complexity index is 655. The maximum absolute atomic E-state index is 12.8. The molecule has 2 aromatic carbocycles. The van der Waals surface area contributed by atoms with Crippen LogP contribution in [0.15, 0.2) is 42.5 Å². The van der Waals surface area contributed by atoms with E-state index in [4.69, 9.17) is 5.73 Å². The second kappa shape index (κ2) is 5.65. The van der Waals surface area contributed by atoms with Crippen LogP contribution in [0.25, 0.3) is 0 Å². The number of benzene rings is 2. The maximum atomic E-state index is 12.8. The van der Waals surface area contributed by atoms with Gasteiger partial charge in [0.25, 0.3) is 0 Å². The fraction of sp³-hybridized carbons (Fsp3) is 0.294. The van der Waals surface area contributed by atoms with E-state index in [2.05, 4.69) is 17.0 Å². The van der Waals surface area contributed by atoms with Crippen molar-refractivity contribution in [3.63, 3.8) is 0 Å². The van der Waals surface area contributed by atoms with E-state index < -0.39 is 11.7 Å². The summed E-state index contributed by atoms with van der Waals surface area (Å²) in [6, 6.07) is 12.0. The third-order valence-electron chi connectivity index (χ3n) is 3.97. The van der Waals surface area contributed by atoms with Crippen LogP contribution in [0.5, 0.6) is 0 Å². The van der Waals surface area contributed by atoms with Gasteiger partial charge in [-0.1, -0.05) is 24.3 Å². The van der Waals surface area contributed by atoms with Crippen molar-refractivity contribution in [3.05, 3.63) is 64.7 Å². The Hall–Kier alpha value is -2.01. The van der Waals surface area contributed by atoms with Crippen LogP contribution in [0, 0.1) is 0 Å². The largest absolute Gasteiger partial charge is 0.416 e. The summed E-state index contributed by atoms with van der Waals surface area (Å²) in [5.41, 5.74) is 8.31. The van der Waals surface area contributed by atoms with Gasteiger partial charge in [0.2, 0.25) is 0 Å². The Morgan fingerprint density at radius 1 is 1.00 bits per heavy atom. The minimum Gasteiger partial charge on any atom is -0.399 e. The molecule has 0 aromatic heterocycles. The summed E-state index contributed by atoms with van der Waals surface area (Å²) >= 11 is 0. The Kier molecular flexibility index (Phi) is 3.83. The van der Waals surface area contributed by atoms with Crippen molar-refractivity contribution >= 4 is 5.69 Å². The van der Waals surface area contributed by atoms with Gasteiger partial charge in [-0.05, 0) is 41.3 Å². The molecule has 0 bridgehead atoms. The molecule has 22 heavy (non-hydrogen) atoms. The van der Waals surface area contributed by atoms with Gasteiger partial charge in [-0.2, -0.15) is 13.2 Å². The molecular weight excluding hydrogens is 289 g/mol. The average Bonchev–Trinajstić information content (AvgIpc) is 2.86. The highest BCUT2D eigenvalue weighted by atomic mass is 19.4. The fourth-order valence-corrected chi connectivity index (χ4v) is 2.88. The van der Waals surface area contributed by atoms with E-state index >= 15 is 0 Å². The molecule has 0 fully saturated rings. The Morgan fingerprint density at radius 3 is 2.23 bits per heavy atom. The number of nitrogens with zero attached hydrogens (tertiary/aromatic N) is 1. The highest BCUT2D eigenvalue weighted by Gasteiger charge is 2.31. The Morgan fingerprint density at radius 2 is 1.64 bits per heavy atom. The summed E-state index contributed by atoms with van der Waals surface area (Å²) in [5, 5.41) is 0. The number of anilines is 1. The highest BCUT2D eigenvalue weighted by molar-refractivity contribution is 5.45. The van der Waals surface area contributed by atoms with Gasteiger partial charge in [0, 0.05) is 25.3 Å². The first kappa shape index (κ1) is 14.9. The van der Waals surface area contributed by atoms with Gasteiger partial charge < -0.3 is 5.73 Å². The Labute approximate surface area is 127 Å². The summed E-state index contributed by atoms with van der Waals surface area (Å²) in [4.78, 5) is 2.24. The van der Waals surface area contributed by atoms with Crippen LogP contribution in [0.3, 0.4) is 0 Å². The molecule has 1 heterocycles. The second-order valence-corrected chi connectivity index (χ2v) is 5.69. The van der Waals surface area contributed by atoms with Crippen molar-refractivity contribution in [2.75, 3.05) is 12.3 Å². The van der Waals surface area contributed by atoms with Crippen LogP contribution < -0.4 is 5.73 Å². The molecule has 3 rings (SSSR count). The summed E-state index contributed by atoms with van der Waals surface area (Å²) in [6.07, 6.45) is -3.80. The normalized spacial score (nSPS) is 15.0. The molecule has 2 N–H and O–H groups in total. The zero-order chi connectivity index (χ0) is 15.7. The molecule has 116 valence electrons. The van der Waals surface area contributed by atoms with Gasteiger partial charge in [-0.25, -0.2) is 0 Å². The van der Waals surface area contributed by atoms with Gasteiger partial charge in [0.15, 0.2) is 0 Å². The standard InChI is InChI=1S/C17H17F3N2/c18-17(19,20)15-7-12(8-16(21)9-15)5-6-22-10-13-3-1-2-4-14(13)11-22/h1-4,7-9H,5-6,10-11,21H2. The molecule has 1 aliphatic heterocycles. The van der Waals surface area contributed by atoms with Crippen LogP contribution in [0.2, 0.25) is 0 Å². The zero-order valence-corrected chi connectivity index (χ0v) is 12.0. The third kappa shape index (κ3) is 3.25. The molecule has 0 aliphatic carbocycles. The zero-order valence-electron chi connectivity index (χ0n) is 12.0. The van der Waals surface area contributed by atoms with Crippen molar-refractivity contribution in [3.8, 4) is 0 Å². The first-order chi connectivity index (χ1) is 10.4. The first-order valence-corrected chi connectivity index (χ1v) is 7.17. The summed E-state index contributed by atoms with van der Waals surface area (Å²) in [6.45, 7) is 2.42. The average molecular weight is 306 g/mol. The monoisotopic (exact) mass is 306 g/mol. The van der Waals surface area contributed by atoms with Crippen LogP contribution in [-0.4, -0.2) is 11.4 Å². The van der Waals surface area contributed by atoms with E-state index in [1.165, 1.54) is 17.2 Å². The SMILES string of the molecule is Nc1cc(CCN2Cc3ccccc3C2)cc(C(F)(F)F)c1. The lowest BCUT2D eigenvalue weighted by molar-refractivity contribution is -0.137. The predicted octanol–water partition coefficient (Wildman–Crippen LogP) is 3.85. The summed E-state index contributed by atoms with van der Waals surface area (Å²) < 4.78 is 38.4. The number of halogens is 3. The van der Waals surface area contributed by atoms with Crippen molar-refractivity contribution in [2.24, 2.45) is 0 Å². The van der Waals surface area contributed by atoms with Gasteiger partial charge >= 0.3 is 6.18 Å². The minimum atomic E-state index is -4.35. The van der Waals surface area contributed by atoms with Crippen molar-refractivity contribution < 1.29 is 13.2 Å². The molecule has 5 heteroatoms. The summed E-state index contributed by atoms with van der Waals surface area (Å²) in [5.74, 6) is 0. The lowest BCUT2D eigenvalue weighted by Gasteiger charge is -2.16. The third-order valence-corrected chi connectivity index (χ3v) is 3.97. The number of hydrogen-bond acceptors (Lipinski definition) is 2. The molecule has 0 radical (unpaired) electrons. The molecule has 0 saturated heterocycles. The van der Waals surface area contributed by atoms with Gasteiger partial charge in [0.05, 0.1) is 5.56 Å². The van der Waals surface area contributed by atoms with E-state index in [9.17, 15) is 13.2 Å². The number of fused-ring (bicyclic) bond motifs is 1. The van der Waals surface area contributed by atoms with E-state index in [0.29, 0.717) is 12.0 Å². The number of nitrogens with two attached hydrogens (primary N) is 1. The molecule has 2 nitrogen and oxygen atoms in total. The van der Waals surface area contributed by atoms with Crippen LogP contribution in [0.4, 0.5) is 18.9 Å². The lowest BCUT2D eigenvalue weighted by Crippen LogP contribution is -2.19. The molecule has 0 atom stereocenters. The molecule has 0 amide bonds. The van der Waals surface area contributed by atoms with E-state index in [0.717, 1.165) is 25.7 Å². The topological polar surface area (TPSA) is 29.3 Å². The van der Waals surface area contributed by atoms with Crippen molar-refractivity contribution in [2.45, 2.75) is 25.7 Å². The second-order valence-electron chi connectivity index (χ2n) is 5.69. The number of alkyl halides is 3. The smallest absolute Gasteiger partial charge is 0.399 e. The van der Waals surface area contributed by atoms with E-state index in [-0.39, 0.29) is 5.69 Å². The van der Waals surface area contributed by atoms with Crippen molar-refractivity contribution in [1.82, 2.24) is 4.90 Å². The van der Waals surface area contributed by atoms with Gasteiger partial charge in [0.1, 0.15) is 0 Å². The van der Waals surface area contributed by atoms with E-state index in [1.807, 2.05) is 12.1 Å². The van der Waals surface area contributed by atoms with Crippen molar-refractivity contribution in [1.29, 1.82) is 0 Å². The lowest BCUT2D eigenvalue weighted by atomic mass is 10.1. The fourth-order valence-electron chi connectivity index (χ4n) is 2.88. The number of rotatable bonds is 3. The quantitative estimate of drug-likeness (QED) is 0.873. The van der Waals surface area contributed by atoms with Gasteiger partial charge in [-0.15, -0.1) is 0 Å². The predicted molar refractivity (Wildman–Crippen MR) is 80.1 cm³/mol. The van der Waals surface area contributed by atoms with Crippen LogP contribution in [-0.2, 0) is 25.7 Å². The van der Waals surface area contributed by atoms with Gasteiger partial charge in [-0.3, -0.25) is 4.90 Å². The van der Waals surface area contributed by atoms with Crippen LogP contribution in [0.1, 0.15) is 22.3 Å². The van der Waals surface area contributed by atoms with Crippen LogP contribution >= 0.6 is 0 Å². The summed E-state index contributed by atoms with van der Waals surface area (Å²) in [7, 11) is 0. The first-order valence-electron chi connectivity index (χ1n) is 7.17. The number of nitrogen functional groups attached to an aromatic ring is 1. The molecule has 0 saturated carbocycles.